The molecule has 1 amide bonds. The van der Waals surface area contributed by atoms with Gasteiger partial charge in [0.2, 0.25) is 0 Å². The zero-order valence-electron chi connectivity index (χ0n) is 11.4. The van der Waals surface area contributed by atoms with Gasteiger partial charge in [-0.25, -0.2) is 0 Å². The third-order valence-corrected chi connectivity index (χ3v) is 4.40. The Labute approximate surface area is 133 Å². The van der Waals surface area contributed by atoms with E-state index in [0.29, 0.717) is 9.23 Å². The molecule has 21 heavy (non-hydrogen) atoms. The number of thioether (sulfide) groups is 1. The number of aryl methyl sites for hydroxylation is 1. The van der Waals surface area contributed by atoms with Crippen molar-refractivity contribution in [1.82, 2.24) is 5.32 Å². The molecule has 104 valence electrons. The highest BCUT2D eigenvalue weighted by atomic mass is 32.2. The van der Waals surface area contributed by atoms with Gasteiger partial charge in [0.15, 0.2) is 0 Å². The van der Waals surface area contributed by atoms with Crippen LogP contribution in [0.4, 0.5) is 0 Å². The van der Waals surface area contributed by atoms with Gasteiger partial charge in [-0.3, -0.25) is 4.79 Å². The molecule has 0 saturated carbocycles. The van der Waals surface area contributed by atoms with E-state index in [1.807, 2.05) is 18.2 Å². The third kappa shape index (κ3) is 3.23. The molecule has 2 aromatic rings. The summed E-state index contributed by atoms with van der Waals surface area (Å²) in [5.74, 6) is -0.118. The van der Waals surface area contributed by atoms with Crippen LogP contribution in [0.2, 0.25) is 0 Å². The van der Waals surface area contributed by atoms with Gasteiger partial charge < -0.3 is 5.32 Å². The lowest BCUT2D eigenvalue weighted by Gasteiger charge is -2.03. The van der Waals surface area contributed by atoms with E-state index in [2.05, 4.69) is 48.6 Å². The van der Waals surface area contributed by atoms with Crippen molar-refractivity contribution in [3.63, 3.8) is 0 Å². The summed E-state index contributed by atoms with van der Waals surface area (Å²) >= 11 is 6.28. The topological polar surface area (TPSA) is 29.1 Å². The predicted octanol–water partition coefficient (Wildman–Crippen LogP) is 4.15. The summed E-state index contributed by atoms with van der Waals surface area (Å²) in [5, 5.41) is 2.62. The number of thiocarbonyl (C=S) groups is 1. The van der Waals surface area contributed by atoms with Crippen LogP contribution in [0.1, 0.15) is 11.1 Å². The van der Waals surface area contributed by atoms with E-state index in [4.69, 9.17) is 12.2 Å². The van der Waals surface area contributed by atoms with Gasteiger partial charge in [0.1, 0.15) is 4.32 Å². The van der Waals surface area contributed by atoms with E-state index < -0.39 is 0 Å². The van der Waals surface area contributed by atoms with Crippen molar-refractivity contribution in [1.29, 1.82) is 0 Å². The first-order valence-corrected chi connectivity index (χ1v) is 7.76. The monoisotopic (exact) mass is 311 g/mol. The highest BCUT2D eigenvalue weighted by molar-refractivity contribution is 8.26. The van der Waals surface area contributed by atoms with Crippen molar-refractivity contribution in [3.05, 3.63) is 64.6 Å². The fourth-order valence-electron chi connectivity index (χ4n) is 2.09. The maximum Gasteiger partial charge on any atom is 0.263 e. The Morgan fingerprint density at radius 2 is 1.57 bits per heavy atom. The average Bonchev–Trinajstić information content (AvgIpc) is 2.79. The number of hydrogen-bond acceptors (Lipinski definition) is 3. The summed E-state index contributed by atoms with van der Waals surface area (Å²) in [4.78, 5) is 12.3. The lowest BCUT2D eigenvalue weighted by molar-refractivity contribution is -0.115. The van der Waals surface area contributed by atoms with Crippen LogP contribution in [0.25, 0.3) is 17.2 Å². The molecule has 1 heterocycles. The second-order valence-corrected chi connectivity index (χ2v) is 6.56. The molecule has 0 bridgehead atoms. The summed E-state index contributed by atoms with van der Waals surface area (Å²) < 4.78 is 0.516. The molecular weight excluding hydrogens is 298 g/mol. The Hall–Kier alpha value is -1.91. The van der Waals surface area contributed by atoms with Crippen LogP contribution in [0.3, 0.4) is 0 Å². The number of nitrogens with one attached hydrogen (secondary N) is 1. The summed E-state index contributed by atoms with van der Waals surface area (Å²) in [5.41, 5.74) is 4.60. The van der Waals surface area contributed by atoms with Crippen LogP contribution in [-0.2, 0) is 4.79 Å². The minimum Gasteiger partial charge on any atom is -0.307 e. The molecule has 1 aliphatic heterocycles. The summed E-state index contributed by atoms with van der Waals surface area (Å²) in [6.07, 6.45) is 1.86. The van der Waals surface area contributed by atoms with E-state index >= 15 is 0 Å². The number of carbonyl (C=O) groups excluding carboxylic acids is 1. The van der Waals surface area contributed by atoms with Gasteiger partial charge in [0.05, 0.1) is 4.91 Å². The van der Waals surface area contributed by atoms with Crippen molar-refractivity contribution in [2.75, 3.05) is 0 Å². The van der Waals surface area contributed by atoms with Crippen LogP contribution in [0.5, 0.6) is 0 Å². The fraction of sp³-hybridized carbons (Fsp3) is 0.0588. The van der Waals surface area contributed by atoms with Crippen molar-refractivity contribution in [2.45, 2.75) is 6.92 Å². The molecule has 0 spiro atoms. The summed E-state index contributed by atoms with van der Waals surface area (Å²) in [6.45, 7) is 2.08. The molecule has 1 aliphatic rings. The Morgan fingerprint density at radius 1 is 1.00 bits per heavy atom. The zero-order chi connectivity index (χ0) is 14.8. The highest BCUT2D eigenvalue weighted by Gasteiger charge is 2.21. The second kappa shape index (κ2) is 5.84. The quantitative estimate of drug-likeness (QED) is 0.667. The summed E-state index contributed by atoms with van der Waals surface area (Å²) in [6, 6.07) is 16.6. The van der Waals surface area contributed by atoms with Crippen LogP contribution in [0.15, 0.2) is 53.4 Å². The van der Waals surface area contributed by atoms with E-state index in [0.717, 1.165) is 11.1 Å². The van der Waals surface area contributed by atoms with Crippen LogP contribution in [-0.4, -0.2) is 10.2 Å². The number of rotatable bonds is 2. The average molecular weight is 311 g/mol. The molecule has 0 aliphatic carbocycles. The van der Waals surface area contributed by atoms with Crippen LogP contribution >= 0.6 is 24.0 Å². The maximum absolute atomic E-state index is 11.6. The van der Waals surface area contributed by atoms with Crippen LogP contribution in [0, 0.1) is 6.92 Å². The molecule has 2 aromatic carbocycles. The Balaban J connectivity index is 1.84. The predicted molar refractivity (Wildman–Crippen MR) is 92.9 cm³/mol. The van der Waals surface area contributed by atoms with Gasteiger partial charge in [-0.2, -0.15) is 0 Å². The van der Waals surface area contributed by atoms with Gasteiger partial charge >= 0.3 is 0 Å². The van der Waals surface area contributed by atoms with Gasteiger partial charge in [0.25, 0.3) is 5.91 Å². The van der Waals surface area contributed by atoms with Crippen molar-refractivity contribution < 1.29 is 4.79 Å². The number of carbonyl (C=O) groups is 1. The minimum absolute atomic E-state index is 0.118. The molecular formula is C17H13NOS2. The first kappa shape index (κ1) is 14.0. The smallest absolute Gasteiger partial charge is 0.263 e. The molecule has 1 N–H and O–H groups in total. The Bertz CT molecular complexity index is 730. The number of hydrogen-bond donors (Lipinski definition) is 1. The Kier molecular flexibility index (Phi) is 3.90. The SMILES string of the molecule is Cc1ccc(-c2ccc(/C=C3/SC(=S)NC3=O)cc2)cc1. The van der Waals surface area contributed by atoms with Crippen molar-refractivity contribution in [2.24, 2.45) is 0 Å². The van der Waals surface area contributed by atoms with Crippen molar-refractivity contribution in [3.8, 4) is 11.1 Å². The molecule has 3 rings (SSSR count). The van der Waals surface area contributed by atoms with E-state index in [9.17, 15) is 4.79 Å². The highest BCUT2D eigenvalue weighted by Crippen LogP contribution is 2.27. The van der Waals surface area contributed by atoms with Gasteiger partial charge in [-0.15, -0.1) is 0 Å². The zero-order valence-corrected chi connectivity index (χ0v) is 13.1. The normalized spacial score (nSPS) is 16.3. The second-order valence-electron chi connectivity index (χ2n) is 4.84. The van der Waals surface area contributed by atoms with E-state index in [1.54, 1.807) is 0 Å². The third-order valence-electron chi connectivity index (χ3n) is 3.24. The molecule has 1 fully saturated rings. The number of amides is 1. The fourth-order valence-corrected chi connectivity index (χ4v) is 3.13. The van der Waals surface area contributed by atoms with Gasteiger partial charge in [-0.1, -0.05) is 78.1 Å². The lowest BCUT2D eigenvalue weighted by Crippen LogP contribution is -2.17. The molecule has 4 heteroatoms. The van der Waals surface area contributed by atoms with Gasteiger partial charge in [-0.05, 0) is 29.7 Å². The van der Waals surface area contributed by atoms with Crippen LogP contribution < -0.4 is 5.32 Å². The van der Waals surface area contributed by atoms with Crippen molar-refractivity contribution >= 4 is 40.3 Å². The molecule has 0 atom stereocenters. The first-order chi connectivity index (χ1) is 10.1. The first-order valence-electron chi connectivity index (χ1n) is 6.54. The van der Waals surface area contributed by atoms with Gasteiger partial charge in [0, 0.05) is 0 Å². The molecule has 2 nitrogen and oxygen atoms in total. The molecule has 0 aromatic heterocycles. The molecule has 0 radical (unpaired) electrons. The van der Waals surface area contributed by atoms with E-state index in [1.165, 1.54) is 22.9 Å². The summed E-state index contributed by atoms with van der Waals surface area (Å²) in [7, 11) is 0. The Morgan fingerprint density at radius 3 is 2.10 bits per heavy atom. The minimum atomic E-state index is -0.118. The lowest BCUT2D eigenvalue weighted by atomic mass is 10.0. The molecule has 1 saturated heterocycles. The largest absolute Gasteiger partial charge is 0.307 e. The number of benzene rings is 2. The molecule has 0 unspecified atom stereocenters. The maximum atomic E-state index is 11.6. The van der Waals surface area contributed by atoms with E-state index in [-0.39, 0.29) is 5.91 Å². The standard InChI is InChI=1S/C17H13NOS2/c1-11-2-6-13(7-3-11)14-8-4-12(5-9-14)10-15-16(19)18-17(20)21-15/h2-10H,1H3,(H,18,19,20)/b15-10+.